The van der Waals surface area contributed by atoms with E-state index in [0.717, 1.165) is 0 Å². The molecule has 4 nitrogen and oxygen atoms in total. The summed E-state index contributed by atoms with van der Waals surface area (Å²) in [4.78, 5) is 0. The number of aliphatic hydroxyl groups is 1. The fourth-order valence-electron chi connectivity index (χ4n) is 0.756. The topological polar surface area (TPSA) is 47.9 Å². The van der Waals surface area contributed by atoms with E-state index in [4.69, 9.17) is 19.3 Å². The normalized spacial score (nSPS) is 12.0. The van der Waals surface area contributed by atoms with Gasteiger partial charge in [-0.15, -0.1) is 0 Å². The predicted molar refractivity (Wildman–Crippen MR) is 54.4 cm³/mol. The molecule has 0 aliphatic rings. The summed E-state index contributed by atoms with van der Waals surface area (Å²) in [6, 6.07) is 0. The van der Waals surface area contributed by atoms with Crippen molar-refractivity contribution in [2.45, 2.75) is 13.8 Å². The Hall–Kier alpha value is -0.160. The lowest BCUT2D eigenvalue weighted by molar-refractivity contribution is -0.0108. The summed E-state index contributed by atoms with van der Waals surface area (Å²) in [5.74, 6) is 0. The molecular formula is C10H22O4. The number of methoxy groups -OCH3 is 1. The van der Waals surface area contributed by atoms with Crippen LogP contribution in [-0.2, 0) is 14.2 Å². The number of hydrogen-bond acceptors (Lipinski definition) is 4. The Balaban J connectivity index is 3.13. The largest absolute Gasteiger partial charge is 0.396 e. The van der Waals surface area contributed by atoms with Crippen molar-refractivity contribution < 1.29 is 19.3 Å². The van der Waals surface area contributed by atoms with Crippen molar-refractivity contribution in [1.82, 2.24) is 0 Å². The molecule has 0 bridgehead atoms. The molecule has 0 heterocycles. The number of aliphatic hydroxyl groups excluding tert-OH is 1. The fraction of sp³-hybridized carbons (Fsp3) is 1.00. The molecule has 0 aromatic rings. The molecular weight excluding hydrogens is 184 g/mol. The quantitative estimate of drug-likeness (QED) is 0.564. The molecule has 0 rings (SSSR count). The van der Waals surface area contributed by atoms with Crippen LogP contribution in [-0.4, -0.2) is 51.9 Å². The number of ether oxygens (including phenoxy) is 3. The van der Waals surface area contributed by atoms with Crippen LogP contribution in [0.5, 0.6) is 0 Å². The van der Waals surface area contributed by atoms with E-state index in [-0.39, 0.29) is 12.0 Å². The first kappa shape index (κ1) is 13.8. The van der Waals surface area contributed by atoms with Gasteiger partial charge in [0.15, 0.2) is 0 Å². The second-order valence-corrected chi connectivity index (χ2v) is 3.98. The van der Waals surface area contributed by atoms with Crippen molar-refractivity contribution in [3.8, 4) is 0 Å². The maximum absolute atomic E-state index is 8.94. The second-order valence-electron chi connectivity index (χ2n) is 3.98. The molecule has 0 saturated heterocycles. The van der Waals surface area contributed by atoms with Crippen LogP contribution in [0.4, 0.5) is 0 Å². The van der Waals surface area contributed by atoms with Gasteiger partial charge in [0.05, 0.1) is 39.6 Å². The zero-order valence-electron chi connectivity index (χ0n) is 9.41. The van der Waals surface area contributed by atoms with Gasteiger partial charge in [0, 0.05) is 12.5 Å². The highest BCUT2D eigenvalue weighted by Crippen LogP contribution is 2.13. The van der Waals surface area contributed by atoms with Crippen LogP contribution in [0.3, 0.4) is 0 Å². The maximum atomic E-state index is 8.94. The highest BCUT2D eigenvalue weighted by Gasteiger charge is 2.15. The molecule has 0 fully saturated rings. The van der Waals surface area contributed by atoms with Gasteiger partial charge in [-0.2, -0.15) is 0 Å². The van der Waals surface area contributed by atoms with Crippen LogP contribution in [0.1, 0.15) is 13.8 Å². The van der Waals surface area contributed by atoms with Crippen LogP contribution in [0.2, 0.25) is 0 Å². The van der Waals surface area contributed by atoms with E-state index in [9.17, 15) is 0 Å². The van der Waals surface area contributed by atoms with Gasteiger partial charge in [-0.1, -0.05) is 13.8 Å². The van der Waals surface area contributed by atoms with E-state index < -0.39 is 0 Å². The van der Waals surface area contributed by atoms with Gasteiger partial charge in [0.1, 0.15) is 0 Å². The van der Waals surface area contributed by atoms with Gasteiger partial charge in [0.25, 0.3) is 0 Å². The average molecular weight is 206 g/mol. The molecule has 0 atom stereocenters. The molecule has 4 heteroatoms. The van der Waals surface area contributed by atoms with E-state index >= 15 is 0 Å². The van der Waals surface area contributed by atoms with E-state index in [1.807, 2.05) is 13.8 Å². The van der Waals surface area contributed by atoms with Crippen molar-refractivity contribution in [3.63, 3.8) is 0 Å². The molecule has 0 amide bonds. The van der Waals surface area contributed by atoms with Gasteiger partial charge >= 0.3 is 0 Å². The van der Waals surface area contributed by atoms with E-state index in [2.05, 4.69) is 0 Å². The minimum absolute atomic E-state index is 0.136. The Morgan fingerprint density at radius 3 is 2.14 bits per heavy atom. The Kier molecular flexibility index (Phi) is 8.08. The van der Waals surface area contributed by atoms with E-state index in [1.54, 1.807) is 7.11 Å². The summed E-state index contributed by atoms with van der Waals surface area (Å²) in [5, 5.41) is 8.94. The van der Waals surface area contributed by atoms with Crippen molar-refractivity contribution in [2.24, 2.45) is 5.41 Å². The summed E-state index contributed by atoms with van der Waals surface area (Å²) in [6.07, 6.45) is 0. The first-order chi connectivity index (χ1) is 6.62. The van der Waals surface area contributed by atoms with E-state index in [1.165, 1.54) is 0 Å². The minimum Gasteiger partial charge on any atom is -0.396 e. The third-order valence-corrected chi connectivity index (χ3v) is 1.72. The Morgan fingerprint density at radius 1 is 1.00 bits per heavy atom. The molecule has 0 radical (unpaired) electrons. The molecule has 14 heavy (non-hydrogen) atoms. The first-order valence-corrected chi connectivity index (χ1v) is 4.87. The summed E-state index contributed by atoms with van der Waals surface area (Å²) in [7, 11) is 1.64. The van der Waals surface area contributed by atoms with Crippen LogP contribution in [0.15, 0.2) is 0 Å². The molecule has 0 aromatic heterocycles. The van der Waals surface area contributed by atoms with Crippen molar-refractivity contribution in [1.29, 1.82) is 0 Å². The maximum Gasteiger partial charge on any atom is 0.0701 e. The summed E-state index contributed by atoms with van der Waals surface area (Å²) in [6.45, 7) is 6.95. The fourth-order valence-corrected chi connectivity index (χ4v) is 0.756. The smallest absolute Gasteiger partial charge is 0.0701 e. The predicted octanol–water partition coefficient (Wildman–Crippen LogP) is 0.685. The molecule has 0 unspecified atom stereocenters. The van der Waals surface area contributed by atoms with Crippen molar-refractivity contribution in [2.75, 3.05) is 46.8 Å². The van der Waals surface area contributed by atoms with Crippen LogP contribution < -0.4 is 0 Å². The Morgan fingerprint density at radius 2 is 1.57 bits per heavy atom. The lowest BCUT2D eigenvalue weighted by Gasteiger charge is -2.21. The molecule has 0 saturated carbocycles. The monoisotopic (exact) mass is 206 g/mol. The lowest BCUT2D eigenvalue weighted by Crippen LogP contribution is -2.24. The standard InChI is InChI=1S/C10H22O4/c1-10(2,8-11)9-14-7-6-13-5-4-12-3/h11H,4-9H2,1-3H3. The second kappa shape index (κ2) is 8.17. The number of hydrogen-bond donors (Lipinski definition) is 1. The van der Waals surface area contributed by atoms with Gasteiger partial charge in [-0.3, -0.25) is 0 Å². The van der Waals surface area contributed by atoms with Crippen molar-refractivity contribution in [3.05, 3.63) is 0 Å². The molecule has 0 spiro atoms. The van der Waals surface area contributed by atoms with Crippen LogP contribution >= 0.6 is 0 Å². The third kappa shape index (κ3) is 8.44. The zero-order chi connectivity index (χ0) is 10.9. The summed E-state index contributed by atoms with van der Waals surface area (Å²) in [5.41, 5.74) is -0.160. The van der Waals surface area contributed by atoms with E-state index in [0.29, 0.717) is 33.0 Å². The van der Waals surface area contributed by atoms with Gasteiger partial charge in [-0.25, -0.2) is 0 Å². The molecule has 0 aromatic carbocycles. The minimum atomic E-state index is -0.160. The molecule has 0 aliphatic carbocycles. The van der Waals surface area contributed by atoms with Crippen molar-refractivity contribution >= 4 is 0 Å². The van der Waals surface area contributed by atoms with Gasteiger partial charge in [0.2, 0.25) is 0 Å². The van der Waals surface area contributed by atoms with Gasteiger partial charge < -0.3 is 19.3 Å². The SMILES string of the molecule is COCCOCCOCC(C)(C)CO. The van der Waals surface area contributed by atoms with Gasteiger partial charge in [-0.05, 0) is 0 Å². The summed E-state index contributed by atoms with van der Waals surface area (Å²) >= 11 is 0. The van der Waals surface area contributed by atoms with Crippen LogP contribution in [0.25, 0.3) is 0 Å². The van der Waals surface area contributed by atoms with Crippen LogP contribution in [0, 0.1) is 5.41 Å². The average Bonchev–Trinajstić information content (AvgIpc) is 2.16. The third-order valence-electron chi connectivity index (χ3n) is 1.72. The highest BCUT2D eigenvalue weighted by molar-refractivity contribution is 4.64. The zero-order valence-corrected chi connectivity index (χ0v) is 9.41. The Labute approximate surface area is 86.2 Å². The molecule has 1 N–H and O–H groups in total. The first-order valence-electron chi connectivity index (χ1n) is 4.87. The Bertz CT molecular complexity index is 125. The lowest BCUT2D eigenvalue weighted by atomic mass is 9.97. The summed E-state index contributed by atoms with van der Waals surface area (Å²) < 4.78 is 15.4. The molecule has 0 aliphatic heterocycles. The number of rotatable bonds is 9. The molecule has 86 valence electrons. The highest BCUT2D eigenvalue weighted by atomic mass is 16.5.